The smallest absolute Gasteiger partial charge is 0.304 e. The first-order valence-electron chi connectivity index (χ1n) is 5.77. The van der Waals surface area contributed by atoms with E-state index in [4.69, 9.17) is 5.11 Å². The van der Waals surface area contributed by atoms with E-state index < -0.39 is 5.97 Å². The Bertz CT molecular complexity index is 256. The Morgan fingerprint density at radius 3 is 2.81 bits per heavy atom. The summed E-state index contributed by atoms with van der Waals surface area (Å²) in [5, 5.41) is 8.52. The number of rotatable bonds is 7. The molecule has 16 heavy (non-hydrogen) atoms. The van der Waals surface area contributed by atoms with E-state index in [1.807, 2.05) is 16.8 Å². The fourth-order valence-electron chi connectivity index (χ4n) is 1.87. The first-order valence-corrected chi connectivity index (χ1v) is 5.77. The molecule has 1 aliphatic rings. The number of carbonyl (C=O) groups is 2. The zero-order chi connectivity index (χ0) is 12.0. The molecule has 1 fully saturated rings. The van der Waals surface area contributed by atoms with E-state index in [-0.39, 0.29) is 12.3 Å². The van der Waals surface area contributed by atoms with Gasteiger partial charge in [0.15, 0.2) is 0 Å². The number of amides is 1. The third kappa shape index (κ3) is 4.61. The van der Waals surface area contributed by atoms with Gasteiger partial charge in [0.2, 0.25) is 5.91 Å². The number of carboxylic acid groups (broad SMARTS) is 1. The summed E-state index contributed by atoms with van der Waals surface area (Å²) in [5.41, 5.74) is 0. The van der Waals surface area contributed by atoms with E-state index in [0.717, 1.165) is 32.5 Å². The van der Waals surface area contributed by atoms with Crippen LogP contribution in [0.5, 0.6) is 0 Å². The maximum absolute atomic E-state index is 11.3. The Kier molecular flexibility index (Phi) is 5.25. The monoisotopic (exact) mass is 228 g/mol. The molecule has 1 aliphatic heterocycles. The van der Waals surface area contributed by atoms with Gasteiger partial charge in [0, 0.05) is 26.1 Å². The van der Waals surface area contributed by atoms with Gasteiger partial charge in [-0.15, -0.1) is 0 Å². The van der Waals surface area contributed by atoms with Crippen molar-refractivity contribution in [3.63, 3.8) is 0 Å². The highest BCUT2D eigenvalue weighted by Crippen LogP contribution is 2.09. The molecule has 0 aromatic rings. The topological polar surface area (TPSA) is 60.9 Å². The number of carboxylic acids is 1. The van der Waals surface area contributed by atoms with Gasteiger partial charge in [-0.3, -0.25) is 9.59 Å². The van der Waals surface area contributed by atoms with Crippen LogP contribution in [0.2, 0.25) is 0 Å². The van der Waals surface area contributed by atoms with Crippen molar-refractivity contribution in [1.82, 2.24) is 9.80 Å². The molecule has 0 unspecified atom stereocenters. The molecule has 1 heterocycles. The first kappa shape index (κ1) is 13.0. The summed E-state index contributed by atoms with van der Waals surface area (Å²) < 4.78 is 0. The van der Waals surface area contributed by atoms with Crippen molar-refractivity contribution in [2.45, 2.75) is 25.7 Å². The van der Waals surface area contributed by atoms with Crippen molar-refractivity contribution < 1.29 is 14.7 Å². The van der Waals surface area contributed by atoms with Crippen LogP contribution >= 0.6 is 0 Å². The highest BCUT2D eigenvalue weighted by atomic mass is 16.4. The summed E-state index contributed by atoms with van der Waals surface area (Å²) in [7, 11) is 1.91. The Morgan fingerprint density at radius 1 is 1.50 bits per heavy atom. The number of aliphatic carboxylic acids is 1. The molecule has 0 atom stereocenters. The van der Waals surface area contributed by atoms with Gasteiger partial charge in [-0.05, 0) is 26.4 Å². The molecule has 0 aromatic heterocycles. The number of hydrogen-bond acceptors (Lipinski definition) is 3. The Labute approximate surface area is 96.0 Å². The SMILES string of the molecule is CN(CCCN1CCCC1=O)CCC(=O)O. The standard InChI is InChI=1S/C11H20N2O3/c1-12(9-5-11(15)16)6-3-8-13-7-2-4-10(13)14/h2-9H2,1H3,(H,15,16). The zero-order valence-electron chi connectivity index (χ0n) is 9.81. The third-order valence-electron chi connectivity index (χ3n) is 2.85. The average molecular weight is 228 g/mol. The highest BCUT2D eigenvalue weighted by molar-refractivity contribution is 5.77. The quantitative estimate of drug-likeness (QED) is 0.685. The fraction of sp³-hybridized carbons (Fsp3) is 0.818. The largest absolute Gasteiger partial charge is 0.481 e. The van der Waals surface area contributed by atoms with Gasteiger partial charge in [0.1, 0.15) is 0 Å². The highest BCUT2D eigenvalue weighted by Gasteiger charge is 2.19. The molecule has 5 nitrogen and oxygen atoms in total. The summed E-state index contributed by atoms with van der Waals surface area (Å²) in [6, 6.07) is 0. The average Bonchev–Trinajstić information content (AvgIpc) is 2.61. The van der Waals surface area contributed by atoms with Crippen molar-refractivity contribution in [2.75, 3.05) is 33.2 Å². The van der Waals surface area contributed by atoms with Crippen LogP contribution < -0.4 is 0 Å². The van der Waals surface area contributed by atoms with Gasteiger partial charge >= 0.3 is 5.97 Å². The fourth-order valence-corrected chi connectivity index (χ4v) is 1.87. The molecule has 0 aliphatic carbocycles. The van der Waals surface area contributed by atoms with E-state index in [2.05, 4.69) is 0 Å². The molecule has 0 spiro atoms. The molecule has 0 aromatic carbocycles. The summed E-state index contributed by atoms with van der Waals surface area (Å²) in [4.78, 5) is 25.5. The van der Waals surface area contributed by atoms with Gasteiger partial charge < -0.3 is 14.9 Å². The molecular weight excluding hydrogens is 208 g/mol. The third-order valence-corrected chi connectivity index (χ3v) is 2.85. The van der Waals surface area contributed by atoms with Crippen LogP contribution in [0.15, 0.2) is 0 Å². The molecule has 0 radical (unpaired) electrons. The predicted octanol–water partition coefficient (Wildman–Crippen LogP) is 0.405. The second kappa shape index (κ2) is 6.48. The van der Waals surface area contributed by atoms with E-state index in [1.54, 1.807) is 0 Å². The number of hydrogen-bond donors (Lipinski definition) is 1. The number of likely N-dealkylation sites (tertiary alicyclic amines) is 1. The summed E-state index contributed by atoms with van der Waals surface area (Å²) >= 11 is 0. The second-order valence-electron chi connectivity index (χ2n) is 4.28. The summed E-state index contributed by atoms with van der Waals surface area (Å²) in [6.45, 7) is 3.11. The normalized spacial score (nSPS) is 16.1. The van der Waals surface area contributed by atoms with E-state index in [9.17, 15) is 9.59 Å². The van der Waals surface area contributed by atoms with Crippen LogP contribution in [0.4, 0.5) is 0 Å². The Balaban J connectivity index is 2.05. The zero-order valence-corrected chi connectivity index (χ0v) is 9.81. The van der Waals surface area contributed by atoms with Crippen LogP contribution in [0.25, 0.3) is 0 Å². The Morgan fingerprint density at radius 2 is 2.25 bits per heavy atom. The lowest BCUT2D eigenvalue weighted by atomic mass is 10.3. The van der Waals surface area contributed by atoms with Gasteiger partial charge in [0.05, 0.1) is 6.42 Å². The predicted molar refractivity (Wildman–Crippen MR) is 60.2 cm³/mol. The second-order valence-corrected chi connectivity index (χ2v) is 4.28. The van der Waals surface area contributed by atoms with Crippen molar-refractivity contribution in [2.24, 2.45) is 0 Å². The molecule has 0 bridgehead atoms. The van der Waals surface area contributed by atoms with Crippen LogP contribution in [0.1, 0.15) is 25.7 Å². The lowest BCUT2D eigenvalue weighted by Gasteiger charge is -2.19. The van der Waals surface area contributed by atoms with Gasteiger partial charge in [-0.2, -0.15) is 0 Å². The minimum Gasteiger partial charge on any atom is -0.481 e. The minimum atomic E-state index is -0.762. The molecular formula is C11H20N2O3. The van der Waals surface area contributed by atoms with Crippen molar-refractivity contribution in [3.8, 4) is 0 Å². The van der Waals surface area contributed by atoms with E-state index >= 15 is 0 Å². The van der Waals surface area contributed by atoms with Crippen molar-refractivity contribution in [3.05, 3.63) is 0 Å². The molecule has 92 valence electrons. The van der Waals surface area contributed by atoms with E-state index in [0.29, 0.717) is 13.0 Å². The summed E-state index contributed by atoms with van der Waals surface area (Å²) in [5.74, 6) is -0.505. The van der Waals surface area contributed by atoms with Crippen molar-refractivity contribution in [1.29, 1.82) is 0 Å². The number of nitrogens with zero attached hydrogens (tertiary/aromatic N) is 2. The first-order chi connectivity index (χ1) is 7.59. The lowest BCUT2D eigenvalue weighted by molar-refractivity contribution is -0.137. The minimum absolute atomic E-state index is 0.180. The molecule has 1 amide bonds. The van der Waals surface area contributed by atoms with Crippen LogP contribution in [-0.4, -0.2) is 60.0 Å². The van der Waals surface area contributed by atoms with Crippen LogP contribution in [0.3, 0.4) is 0 Å². The molecule has 1 N–H and O–H groups in total. The molecule has 1 saturated heterocycles. The Hall–Kier alpha value is -1.10. The molecule has 5 heteroatoms. The number of carbonyl (C=O) groups excluding carboxylic acids is 1. The van der Waals surface area contributed by atoms with Gasteiger partial charge in [-0.1, -0.05) is 0 Å². The molecule has 1 rings (SSSR count). The van der Waals surface area contributed by atoms with E-state index in [1.165, 1.54) is 0 Å². The van der Waals surface area contributed by atoms with Crippen molar-refractivity contribution >= 4 is 11.9 Å². The lowest BCUT2D eigenvalue weighted by Crippen LogP contribution is -2.30. The molecule has 0 saturated carbocycles. The maximum atomic E-state index is 11.3. The van der Waals surface area contributed by atoms with Gasteiger partial charge in [0.25, 0.3) is 0 Å². The maximum Gasteiger partial charge on any atom is 0.304 e. The van der Waals surface area contributed by atoms with Gasteiger partial charge in [-0.25, -0.2) is 0 Å². The summed E-state index contributed by atoms with van der Waals surface area (Å²) in [6.07, 6.45) is 2.77. The van der Waals surface area contributed by atoms with Crippen LogP contribution in [-0.2, 0) is 9.59 Å². The van der Waals surface area contributed by atoms with Crippen LogP contribution in [0, 0.1) is 0 Å².